The number of aliphatic carboxylic acids is 1. The number of alkyl carbamates (subject to hydrolysis) is 1. The number of nitrogens with one attached hydrogen (secondary N) is 1. The van der Waals surface area contributed by atoms with Crippen LogP contribution in [0.5, 0.6) is 5.75 Å². The number of rotatable bonds is 6. The Balaban J connectivity index is 2.75. The van der Waals surface area contributed by atoms with E-state index in [9.17, 15) is 23.1 Å². The van der Waals surface area contributed by atoms with E-state index in [-0.39, 0.29) is 12.2 Å². The number of carboxylic acid groups (broad SMARTS) is 1. The Morgan fingerprint density at radius 3 is 2.17 bits per heavy atom. The maximum atomic E-state index is 11.7. The lowest BCUT2D eigenvalue weighted by molar-refractivity contribution is -0.139. The van der Waals surface area contributed by atoms with Gasteiger partial charge in [-0.1, -0.05) is 12.1 Å². The highest BCUT2D eigenvalue weighted by Crippen LogP contribution is 2.15. The van der Waals surface area contributed by atoms with Gasteiger partial charge in [0.25, 0.3) is 0 Å². The maximum absolute atomic E-state index is 11.7. The normalized spacial score (nSPS) is 13.0. The molecule has 0 fully saturated rings. The second-order valence-corrected chi connectivity index (χ2v) is 7.75. The largest absolute Gasteiger partial charge is 0.480 e. The number of benzene rings is 1. The minimum absolute atomic E-state index is 0.00767. The van der Waals surface area contributed by atoms with Crippen molar-refractivity contribution in [3.05, 3.63) is 29.8 Å². The number of carbonyl (C=O) groups excluding carboxylic acids is 1. The number of carbonyl (C=O) groups is 2. The number of amides is 1. The Morgan fingerprint density at radius 2 is 1.75 bits per heavy atom. The standard InChI is InChI=1S/C15H21NO7S/c1-15(2,3)22-14(19)16-12(13(17)18)9-10-5-7-11(8-6-10)23-24(4,20)21/h5-8,12H,9H2,1-4H3,(H,16,19)(H,17,18). The molecule has 1 amide bonds. The highest BCUT2D eigenvalue weighted by atomic mass is 32.2. The van der Waals surface area contributed by atoms with E-state index in [4.69, 9.17) is 8.92 Å². The van der Waals surface area contributed by atoms with Crippen LogP contribution in [0.2, 0.25) is 0 Å². The zero-order valence-electron chi connectivity index (χ0n) is 13.9. The average molecular weight is 359 g/mol. The second kappa shape index (κ2) is 7.52. The predicted molar refractivity (Wildman–Crippen MR) is 86.4 cm³/mol. The summed E-state index contributed by atoms with van der Waals surface area (Å²) >= 11 is 0. The van der Waals surface area contributed by atoms with Crippen LogP contribution in [0.3, 0.4) is 0 Å². The topological polar surface area (TPSA) is 119 Å². The molecular weight excluding hydrogens is 338 g/mol. The summed E-state index contributed by atoms with van der Waals surface area (Å²) in [5.74, 6) is -1.09. The second-order valence-electron chi connectivity index (χ2n) is 6.17. The van der Waals surface area contributed by atoms with Crippen LogP contribution in [0.25, 0.3) is 0 Å². The molecule has 0 saturated heterocycles. The van der Waals surface area contributed by atoms with Crippen molar-refractivity contribution in [1.82, 2.24) is 5.32 Å². The van der Waals surface area contributed by atoms with E-state index >= 15 is 0 Å². The van der Waals surface area contributed by atoms with E-state index in [0.717, 1.165) is 6.26 Å². The zero-order chi connectivity index (χ0) is 18.5. The molecule has 0 bridgehead atoms. The van der Waals surface area contributed by atoms with E-state index in [0.29, 0.717) is 5.56 Å². The van der Waals surface area contributed by atoms with Crippen molar-refractivity contribution >= 4 is 22.2 Å². The van der Waals surface area contributed by atoms with Crippen molar-refractivity contribution in [3.63, 3.8) is 0 Å². The van der Waals surface area contributed by atoms with Crippen LogP contribution >= 0.6 is 0 Å². The Labute approximate surface area is 140 Å². The van der Waals surface area contributed by atoms with Crippen molar-refractivity contribution in [1.29, 1.82) is 0 Å². The lowest BCUT2D eigenvalue weighted by Crippen LogP contribution is -2.44. The van der Waals surface area contributed by atoms with E-state index in [2.05, 4.69) is 5.32 Å². The molecule has 24 heavy (non-hydrogen) atoms. The van der Waals surface area contributed by atoms with E-state index < -0.39 is 33.8 Å². The van der Waals surface area contributed by atoms with Gasteiger partial charge in [0.05, 0.1) is 6.26 Å². The number of hydrogen-bond donors (Lipinski definition) is 2. The van der Waals surface area contributed by atoms with Crippen molar-refractivity contribution in [2.45, 2.75) is 38.8 Å². The minimum Gasteiger partial charge on any atom is -0.480 e. The summed E-state index contributed by atoms with van der Waals surface area (Å²) in [6.07, 6.45) is 0.103. The third-order valence-corrected chi connectivity index (χ3v) is 3.10. The molecule has 0 saturated carbocycles. The van der Waals surface area contributed by atoms with Crippen molar-refractivity contribution in [2.24, 2.45) is 0 Å². The van der Waals surface area contributed by atoms with Crippen LogP contribution in [0.4, 0.5) is 4.79 Å². The molecule has 9 heteroatoms. The highest BCUT2D eigenvalue weighted by Gasteiger charge is 2.24. The van der Waals surface area contributed by atoms with Gasteiger partial charge in [0, 0.05) is 6.42 Å². The lowest BCUT2D eigenvalue weighted by Gasteiger charge is -2.22. The fraction of sp³-hybridized carbons (Fsp3) is 0.467. The van der Waals surface area contributed by atoms with Gasteiger partial charge in [-0.15, -0.1) is 0 Å². The summed E-state index contributed by atoms with van der Waals surface area (Å²) < 4.78 is 31.8. The van der Waals surface area contributed by atoms with Gasteiger partial charge in [-0.3, -0.25) is 0 Å². The van der Waals surface area contributed by atoms with Crippen molar-refractivity contribution in [3.8, 4) is 5.75 Å². The van der Waals surface area contributed by atoms with Gasteiger partial charge < -0.3 is 19.3 Å². The molecule has 1 rings (SSSR count). The average Bonchev–Trinajstić information content (AvgIpc) is 2.36. The third kappa shape index (κ3) is 7.82. The Morgan fingerprint density at radius 1 is 1.21 bits per heavy atom. The first-order valence-electron chi connectivity index (χ1n) is 7.06. The quantitative estimate of drug-likeness (QED) is 0.739. The zero-order valence-corrected chi connectivity index (χ0v) is 14.7. The number of ether oxygens (including phenoxy) is 1. The van der Waals surface area contributed by atoms with E-state index in [1.807, 2.05) is 0 Å². The van der Waals surface area contributed by atoms with Crippen LogP contribution in [0.1, 0.15) is 26.3 Å². The van der Waals surface area contributed by atoms with Gasteiger partial charge in [0.1, 0.15) is 17.4 Å². The summed E-state index contributed by atoms with van der Waals surface area (Å²) in [7, 11) is -3.63. The van der Waals surface area contributed by atoms with Gasteiger partial charge in [0.2, 0.25) is 0 Å². The maximum Gasteiger partial charge on any atom is 0.408 e. The first-order chi connectivity index (χ1) is 10.9. The molecular formula is C15H21NO7S. The summed E-state index contributed by atoms with van der Waals surface area (Å²) in [4.78, 5) is 23.0. The molecule has 0 heterocycles. The van der Waals surface area contributed by atoms with Crippen LogP contribution in [0, 0.1) is 0 Å². The first-order valence-corrected chi connectivity index (χ1v) is 8.88. The molecule has 0 aliphatic carbocycles. The predicted octanol–water partition coefficient (Wildman–Crippen LogP) is 1.55. The SMILES string of the molecule is CC(C)(C)OC(=O)NC(Cc1ccc(OS(C)(=O)=O)cc1)C(=O)O. The molecule has 0 aromatic heterocycles. The minimum atomic E-state index is -3.63. The van der Waals surface area contributed by atoms with E-state index in [1.165, 1.54) is 24.3 Å². The molecule has 134 valence electrons. The summed E-state index contributed by atoms with van der Waals surface area (Å²) in [6.45, 7) is 5.01. The molecule has 1 atom stereocenters. The smallest absolute Gasteiger partial charge is 0.408 e. The molecule has 1 unspecified atom stereocenters. The monoisotopic (exact) mass is 359 g/mol. The summed E-state index contributed by atoms with van der Waals surface area (Å²) in [5, 5.41) is 11.5. The van der Waals surface area contributed by atoms with Gasteiger partial charge in [-0.25, -0.2) is 9.59 Å². The van der Waals surface area contributed by atoms with Gasteiger partial charge in [0.15, 0.2) is 0 Å². The Bertz CT molecular complexity index is 690. The highest BCUT2D eigenvalue weighted by molar-refractivity contribution is 7.86. The fourth-order valence-electron chi connectivity index (χ4n) is 1.74. The van der Waals surface area contributed by atoms with Crippen LogP contribution in [0.15, 0.2) is 24.3 Å². The van der Waals surface area contributed by atoms with Gasteiger partial charge in [-0.05, 0) is 38.5 Å². The molecule has 0 aliphatic rings. The number of carboxylic acids is 1. The van der Waals surface area contributed by atoms with E-state index in [1.54, 1.807) is 20.8 Å². The van der Waals surface area contributed by atoms with Crippen LogP contribution in [-0.2, 0) is 26.1 Å². The van der Waals surface area contributed by atoms with Crippen molar-refractivity contribution in [2.75, 3.05) is 6.26 Å². The molecule has 8 nitrogen and oxygen atoms in total. The molecule has 0 aliphatic heterocycles. The number of hydrogen-bond acceptors (Lipinski definition) is 6. The Hall–Kier alpha value is -2.29. The molecule has 2 N–H and O–H groups in total. The first kappa shape index (κ1) is 19.8. The summed E-state index contributed by atoms with van der Waals surface area (Å²) in [6, 6.07) is 4.67. The molecule has 0 radical (unpaired) electrons. The van der Waals surface area contributed by atoms with Crippen LogP contribution < -0.4 is 9.50 Å². The van der Waals surface area contributed by atoms with Gasteiger partial charge in [-0.2, -0.15) is 8.42 Å². The van der Waals surface area contributed by atoms with Crippen LogP contribution in [-0.4, -0.2) is 43.5 Å². The lowest BCUT2D eigenvalue weighted by atomic mass is 10.1. The van der Waals surface area contributed by atoms with Gasteiger partial charge >= 0.3 is 22.2 Å². The molecule has 0 spiro atoms. The van der Waals surface area contributed by atoms with Crippen molar-refractivity contribution < 1.29 is 32.0 Å². The fourth-order valence-corrected chi connectivity index (χ4v) is 2.20. The molecule has 1 aromatic carbocycles. The summed E-state index contributed by atoms with van der Waals surface area (Å²) in [5.41, 5.74) is -0.156. The molecule has 1 aromatic rings. The Kier molecular flexibility index (Phi) is 6.19. The third-order valence-electron chi connectivity index (χ3n) is 2.60.